The van der Waals surface area contributed by atoms with Gasteiger partial charge in [0.05, 0.1) is 4.90 Å². The van der Waals surface area contributed by atoms with Crippen LogP contribution >= 0.6 is 0 Å². The van der Waals surface area contributed by atoms with Crippen LogP contribution in [0.2, 0.25) is 0 Å². The fourth-order valence-corrected chi connectivity index (χ4v) is 4.24. The lowest BCUT2D eigenvalue weighted by Gasteiger charge is -2.29. The molecule has 0 saturated heterocycles. The monoisotopic (exact) mass is 336 g/mol. The minimum absolute atomic E-state index is 0.167. The van der Waals surface area contributed by atoms with Gasteiger partial charge in [-0.3, -0.25) is 4.79 Å². The summed E-state index contributed by atoms with van der Waals surface area (Å²) in [7, 11) is -3.46. The molecule has 1 aliphatic carbocycles. The van der Waals surface area contributed by atoms with Gasteiger partial charge in [-0.2, -0.15) is 0 Å². The highest BCUT2D eigenvalue weighted by molar-refractivity contribution is 7.89. The minimum atomic E-state index is -3.46. The SMILES string of the molecule is CCCCNS(=O)(=O)c1ccc2c(c1)CCN2C(=O)C1CCC1. The molecule has 1 amide bonds. The first-order valence-corrected chi connectivity index (χ1v) is 9.95. The third kappa shape index (κ3) is 3.28. The molecule has 1 fully saturated rings. The van der Waals surface area contributed by atoms with Gasteiger partial charge in [0.25, 0.3) is 0 Å². The van der Waals surface area contributed by atoms with Crippen molar-refractivity contribution in [3.63, 3.8) is 0 Å². The van der Waals surface area contributed by atoms with E-state index in [1.807, 2.05) is 11.8 Å². The lowest BCUT2D eigenvalue weighted by molar-refractivity contribution is -0.124. The topological polar surface area (TPSA) is 66.5 Å². The maximum absolute atomic E-state index is 12.4. The summed E-state index contributed by atoms with van der Waals surface area (Å²) in [5.41, 5.74) is 1.84. The van der Waals surface area contributed by atoms with Crippen molar-refractivity contribution in [3.05, 3.63) is 23.8 Å². The predicted octanol–water partition coefficient (Wildman–Crippen LogP) is 2.45. The summed E-state index contributed by atoms with van der Waals surface area (Å²) in [6.45, 7) is 3.15. The molecule has 3 rings (SSSR count). The normalized spacial score (nSPS) is 17.9. The van der Waals surface area contributed by atoms with Crippen LogP contribution in [-0.2, 0) is 21.2 Å². The Labute approximate surface area is 138 Å². The van der Waals surface area contributed by atoms with Gasteiger partial charge in [0, 0.05) is 24.7 Å². The molecule has 0 bridgehead atoms. The van der Waals surface area contributed by atoms with Crippen LogP contribution < -0.4 is 9.62 Å². The van der Waals surface area contributed by atoms with E-state index in [1.54, 1.807) is 18.2 Å². The molecule has 1 aromatic rings. The van der Waals surface area contributed by atoms with Crippen LogP contribution in [0.1, 0.15) is 44.6 Å². The van der Waals surface area contributed by atoms with Gasteiger partial charge in [-0.05, 0) is 49.4 Å². The van der Waals surface area contributed by atoms with E-state index in [-0.39, 0.29) is 11.8 Å². The predicted molar refractivity (Wildman–Crippen MR) is 89.9 cm³/mol. The Hall–Kier alpha value is -1.40. The lowest BCUT2D eigenvalue weighted by atomic mass is 9.84. The molecule has 1 aliphatic heterocycles. The summed E-state index contributed by atoms with van der Waals surface area (Å²) >= 11 is 0. The highest BCUT2D eigenvalue weighted by Crippen LogP contribution is 2.35. The van der Waals surface area contributed by atoms with E-state index in [0.29, 0.717) is 18.0 Å². The number of amides is 1. The van der Waals surface area contributed by atoms with Crippen molar-refractivity contribution in [2.75, 3.05) is 18.0 Å². The highest BCUT2D eigenvalue weighted by atomic mass is 32.2. The standard InChI is InChI=1S/C17H24N2O3S/c1-2-3-10-18-23(21,22)15-7-8-16-14(12-15)9-11-19(16)17(20)13-5-4-6-13/h7-8,12-13,18H,2-6,9-11H2,1H3. The van der Waals surface area contributed by atoms with Crippen molar-refractivity contribution in [1.29, 1.82) is 0 Å². The fourth-order valence-electron chi connectivity index (χ4n) is 3.12. The van der Waals surface area contributed by atoms with E-state index in [9.17, 15) is 13.2 Å². The second-order valence-corrected chi connectivity index (χ2v) is 8.18. The van der Waals surface area contributed by atoms with Crippen LogP contribution in [0.15, 0.2) is 23.1 Å². The number of benzene rings is 1. The summed E-state index contributed by atoms with van der Waals surface area (Å²) in [5, 5.41) is 0. The summed E-state index contributed by atoms with van der Waals surface area (Å²) in [5.74, 6) is 0.367. The molecule has 2 aliphatic rings. The number of carbonyl (C=O) groups is 1. The third-order valence-electron chi connectivity index (χ3n) is 4.80. The molecule has 1 saturated carbocycles. The smallest absolute Gasteiger partial charge is 0.240 e. The largest absolute Gasteiger partial charge is 0.312 e. The van der Waals surface area contributed by atoms with Crippen molar-refractivity contribution >= 4 is 21.6 Å². The first-order chi connectivity index (χ1) is 11.0. The number of anilines is 1. The second kappa shape index (κ2) is 6.61. The average Bonchev–Trinajstić information content (AvgIpc) is 2.88. The molecule has 1 N–H and O–H groups in total. The van der Waals surface area contributed by atoms with Crippen LogP contribution in [0.5, 0.6) is 0 Å². The van der Waals surface area contributed by atoms with Gasteiger partial charge in [-0.1, -0.05) is 19.8 Å². The summed E-state index contributed by atoms with van der Waals surface area (Å²) in [6, 6.07) is 5.12. The fraction of sp³-hybridized carbons (Fsp3) is 0.588. The van der Waals surface area contributed by atoms with Gasteiger partial charge in [-0.15, -0.1) is 0 Å². The van der Waals surface area contributed by atoms with Crippen LogP contribution in [-0.4, -0.2) is 27.4 Å². The molecular weight excluding hydrogens is 312 g/mol. The van der Waals surface area contributed by atoms with Gasteiger partial charge >= 0.3 is 0 Å². The Bertz CT molecular complexity index is 696. The number of hydrogen-bond donors (Lipinski definition) is 1. The van der Waals surface area contributed by atoms with E-state index in [2.05, 4.69) is 4.72 Å². The molecule has 0 spiro atoms. The Morgan fingerprint density at radius 1 is 1.35 bits per heavy atom. The van der Waals surface area contributed by atoms with Gasteiger partial charge < -0.3 is 4.90 Å². The van der Waals surface area contributed by atoms with E-state index < -0.39 is 10.0 Å². The molecule has 126 valence electrons. The molecular formula is C17H24N2O3S. The molecule has 6 heteroatoms. The lowest BCUT2D eigenvalue weighted by Crippen LogP contribution is -2.37. The van der Waals surface area contributed by atoms with Crippen LogP contribution in [0.3, 0.4) is 0 Å². The maximum atomic E-state index is 12.4. The highest BCUT2D eigenvalue weighted by Gasteiger charge is 2.33. The summed E-state index contributed by atoms with van der Waals surface area (Å²) in [4.78, 5) is 14.6. The molecule has 0 unspecified atom stereocenters. The average molecular weight is 336 g/mol. The molecule has 0 aromatic heterocycles. The summed E-state index contributed by atoms with van der Waals surface area (Å²) in [6.07, 6.45) is 5.61. The minimum Gasteiger partial charge on any atom is -0.312 e. The van der Waals surface area contributed by atoms with Gasteiger partial charge in [-0.25, -0.2) is 13.1 Å². The first kappa shape index (κ1) is 16.5. The zero-order valence-corrected chi connectivity index (χ0v) is 14.4. The van der Waals surface area contributed by atoms with Crippen molar-refractivity contribution in [2.45, 2.75) is 50.3 Å². The zero-order valence-electron chi connectivity index (χ0n) is 13.5. The second-order valence-electron chi connectivity index (χ2n) is 6.41. The molecule has 1 aromatic carbocycles. The Kier molecular flexibility index (Phi) is 4.73. The van der Waals surface area contributed by atoms with Gasteiger partial charge in [0.1, 0.15) is 0 Å². The number of nitrogens with one attached hydrogen (secondary N) is 1. The maximum Gasteiger partial charge on any atom is 0.240 e. The van der Waals surface area contributed by atoms with Crippen LogP contribution in [0, 0.1) is 5.92 Å². The van der Waals surface area contributed by atoms with E-state index in [4.69, 9.17) is 0 Å². The first-order valence-electron chi connectivity index (χ1n) is 8.47. The Balaban J connectivity index is 1.77. The third-order valence-corrected chi connectivity index (χ3v) is 6.26. The van der Waals surface area contributed by atoms with Crippen molar-refractivity contribution < 1.29 is 13.2 Å². The molecule has 1 heterocycles. The molecule has 0 atom stereocenters. The Morgan fingerprint density at radius 2 is 2.13 bits per heavy atom. The molecule has 5 nitrogen and oxygen atoms in total. The van der Waals surface area contributed by atoms with E-state index in [1.165, 1.54) is 0 Å². The number of hydrogen-bond acceptors (Lipinski definition) is 3. The molecule has 23 heavy (non-hydrogen) atoms. The van der Waals surface area contributed by atoms with Crippen molar-refractivity contribution in [3.8, 4) is 0 Å². The van der Waals surface area contributed by atoms with Gasteiger partial charge in [0.2, 0.25) is 15.9 Å². The number of rotatable bonds is 6. The van der Waals surface area contributed by atoms with Crippen molar-refractivity contribution in [1.82, 2.24) is 4.72 Å². The Morgan fingerprint density at radius 3 is 2.78 bits per heavy atom. The quantitative estimate of drug-likeness (QED) is 0.812. The number of unbranched alkanes of at least 4 members (excludes halogenated alkanes) is 1. The summed E-state index contributed by atoms with van der Waals surface area (Å²) < 4.78 is 27.2. The van der Waals surface area contributed by atoms with Crippen molar-refractivity contribution in [2.24, 2.45) is 5.92 Å². The van der Waals surface area contributed by atoms with Crippen LogP contribution in [0.4, 0.5) is 5.69 Å². The van der Waals surface area contributed by atoms with E-state index in [0.717, 1.165) is 49.8 Å². The van der Waals surface area contributed by atoms with Crippen LogP contribution in [0.25, 0.3) is 0 Å². The number of carbonyl (C=O) groups excluding carboxylic acids is 1. The van der Waals surface area contributed by atoms with E-state index >= 15 is 0 Å². The van der Waals surface area contributed by atoms with Gasteiger partial charge in [0.15, 0.2) is 0 Å². The number of fused-ring (bicyclic) bond motifs is 1. The number of sulfonamides is 1. The zero-order chi connectivity index (χ0) is 16.4. The number of nitrogens with zero attached hydrogens (tertiary/aromatic N) is 1. The molecule has 0 radical (unpaired) electrons.